The molecule has 0 bridgehead atoms. The Balaban J connectivity index is 1.67. The van der Waals surface area contributed by atoms with Gasteiger partial charge in [0.25, 0.3) is 0 Å². The van der Waals surface area contributed by atoms with Gasteiger partial charge in [0.1, 0.15) is 9.34 Å². The quantitative estimate of drug-likeness (QED) is 0.887. The normalized spacial score (nSPS) is 21.6. The van der Waals surface area contributed by atoms with Gasteiger partial charge in [-0.2, -0.15) is 11.8 Å². The number of halogens is 1. The fraction of sp³-hybridized carbons (Fsp3) is 0.667. The van der Waals surface area contributed by atoms with Gasteiger partial charge in [-0.05, 0) is 30.4 Å². The molecular formula is C9H13ClN2S2. The topological polar surface area (TPSA) is 24.9 Å². The molecule has 1 aromatic rings. The Hall–Kier alpha value is 0.230. The zero-order valence-electron chi connectivity index (χ0n) is 7.83. The Morgan fingerprint density at radius 2 is 2.57 bits per heavy atom. The average Bonchev–Trinajstić information content (AvgIpc) is 2.77. The van der Waals surface area contributed by atoms with Crippen LogP contribution < -0.4 is 5.32 Å². The van der Waals surface area contributed by atoms with Crippen molar-refractivity contribution in [2.24, 2.45) is 5.92 Å². The van der Waals surface area contributed by atoms with E-state index in [1.807, 2.05) is 0 Å². The van der Waals surface area contributed by atoms with Gasteiger partial charge in [0.15, 0.2) is 0 Å². The minimum Gasteiger partial charge on any atom is -0.310 e. The fourth-order valence-electron chi connectivity index (χ4n) is 1.50. The van der Waals surface area contributed by atoms with Crippen LogP contribution >= 0.6 is 34.7 Å². The summed E-state index contributed by atoms with van der Waals surface area (Å²) in [6, 6.07) is 0. The van der Waals surface area contributed by atoms with Gasteiger partial charge in [-0.1, -0.05) is 11.6 Å². The number of thioether (sulfide) groups is 1. The Labute approximate surface area is 97.5 Å². The summed E-state index contributed by atoms with van der Waals surface area (Å²) in [4.78, 5) is 4.20. The molecule has 78 valence electrons. The van der Waals surface area contributed by atoms with Crippen LogP contribution in [0.5, 0.6) is 0 Å². The van der Waals surface area contributed by atoms with Crippen LogP contribution in [0.3, 0.4) is 0 Å². The zero-order chi connectivity index (χ0) is 9.80. The molecule has 1 N–H and O–H groups in total. The van der Waals surface area contributed by atoms with Crippen LogP contribution in [0.1, 0.15) is 11.4 Å². The summed E-state index contributed by atoms with van der Waals surface area (Å²) in [6.45, 7) is 1.97. The highest BCUT2D eigenvalue weighted by molar-refractivity contribution is 7.99. The molecule has 14 heavy (non-hydrogen) atoms. The first-order valence-corrected chi connectivity index (χ1v) is 7.08. The van der Waals surface area contributed by atoms with E-state index in [-0.39, 0.29) is 0 Å². The SMILES string of the molecule is Clc1cnc(CNCC2CCSC2)s1. The highest BCUT2D eigenvalue weighted by Crippen LogP contribution is 2.23. The number of rotatable bonds is 4. The first kappa shape index (κ1) is 10.7. The van der Waals surface area contributed by atoms with Crippen molar-refractivity contribution >= 4 is 34.7 Å². The number of hydrogen-bond acceptors (Lipinski definition) is 4. The van der Waals surface area contributed by atoms with E-state index < -0.39 is 0 Å². The Morgan fingerprint density at radius 1 is 1.64 bits per heavy atom. The van der Waals surface area contributed by atoms with Gasteiger partial charge in [-0.25, -0.2) is 4.98 Å². The van der Waals surface area contributed by atoms with Crippen molar-refractivity contribution in [1.29, 1.82) is 0 Å². The lowest BCUT2D eigenvalue weighted by atomic mass is 10.1. The lowest BCUT2D eigenvalue weighted by molar-refractivity contribution is 0.523. The molecule has 1 aliphatic heterocycles. The van der Waals surface area contributed by atoms with Gasteiger partial charge in [0.05, 0.1) is 6.20 Å². The molecule has 0 spiro atoms. The summed E-state index contributed by atoms with van der Waals surface area (Å²) >= 11 is 9.41. The first-order chi connectivity index (χ1) is 6.84. The summed E-state index contributed by atoms with van der Waals surface area (Å²) < 4.78 is 0.776. The van der Waals surface area contributed by atoms with Crippen molar-refractivity contribution in [2.45, 2.75) is 13.0 Å². The third-order valence-electron chi connectivity index (χ3n) is 2.26. The largest absolute Gasteiger partial charge is 0.310 e. The lowest BCUT2D eigenvalue weighted by Crippen LogP contribution is -2.22. The lowest BCUT2D eigenvalue weighted by Gasteiger charge is -2.07. The third kappa shape index (κ3) is 3.12. The van der Waals surface area contributed by atoms with E-state index >= 15 is 0 Å². The standard InChI is InChI=1S/C9H13ClN2S2/c10-8-4-12-9(14-8)5-11-3-7-1-2-13-6-7/h4,7,11H,1-3,5-6H2. The average molecular weight is 249 g/mol. The van der Waals surface area contributed by atoms with Crippen molar-refractivity contribution in [1.82, 2.24) is 10.3 Å². The molecule has 2 nitrogen and oxygen atoms in total. The van der Waals surface area contributed by atoms with E-state index in [0.717, 1.165) is 28.4 Å². The van der Waals surface area contributed by atoms with Gasteiger partial charge in [0.2, 0.25) is 0 Å². The van der Waals surface area contributed by atoms with E-state index in [4.69, 9.17) is 11.6 Å². The van der Waals surface area contributed by atoms with Crippen LogP contribution in [0.2, 0.25) is 4.34 Å². The maximum absolute atomic E-state index is 5.79. The monoisotopic (exact) mass is 248 g/mol. The summed E-state index contributed by atoms with van der Waals surface area (Å²) in [5, 5.41) is 4.52. The van der Waals surface area contributed by atoms with Crippen molar-refractivity contribution in [3.05, 3.63) is 15.5 Å². The van der Waals surface area contributed by atoms with Crippen LogP contribution in [0, 0.1) is 5.92 Å². The van der Waals surface area contributed by atoms with E-state index in [2.05, 4.69) is 22.1 Å². The van der Waals surface area contributed by atoms with E-state index in [9.17, 15) is 0 Å². The maximum Gasteiger partial charge on any atom is 0.113 e. The molecule has 2 heterocycles. The number of nitrogens with zero attached hydrogens (tertiary/aromatic N) is 1. The van der Waals surface area contributed by atoms with Gasteiger partial charge >= 0.3 is 0 Å². The molecule has 1 atom stereocenters. The molecule has 1 aliphatic rings. The molecule has 0 aliphatic carbocycles. The van der Waals surface area contributed by atoms with Crippen molar-refractivity contribution < 1.29 is 0 Å². The number of aromatic nitrogens is 1. The predicted octanol–water partition coefficient (Wildman–Crippen LogP) is 2.64. The second-order valence-electron chi connectivity index (χ2n) is 3.42. The molecule has 1 aromatic heterocycles. The van der Waals surface area contributed by atoms with Crippen LogP contribution in [0.4, 0.5) is 0 Å². The van der Waals surface area contributed by atoms with E-state index in [1.54, 1.807) is 17.5 Å². The van der Waals surface area contributed by atoms with Gasteiger partial charge in [-0.3, -0.25) is 0 Å². The van der Waals surface area contributed by atoms with Gasteiger partial charge in [0, 0.05) is 6.54 Å². The molecule has 0 radical (unpaired) electrons. The molecule has 1 unspecified atom stereocenters. The predicted molar refractivity (Wildman–Crippen MR) is 64.3 cm³/mol. The summed E-state index contributed by atoms with van der Waals surface area (Å²) in [5.41, 5.74) is 0. The molecular weight excluding hydrogens is 236 g/mol. The van der Waals surface area contributed by atoms with Crippen molar-refractivity contribution in [2.75, 3.05) is 18.1 Å². The number of hydrogen-bond donors (Lipinski definition) is 1. The van der Waals surface area contributed by atoms with Crippen LogP contribution in [0.15, 0.2) is 6.20 Å². The van der Waals surface area contributed by atoms with Crippen molar-refractivity contribution in [3.63, 3.8) is 0 Å². The molecule has 0 saturated carbocycles. The maximum atomic E-state index is 5.79. The van der Waals surface area contributed by atoms with E-state index in [0.29, 0.717) is 0 Å². The van der Waals surface area contributed by atoms with Gasteiger partial charge < -0.3 is 5.32 Å². The molecule has 0 aromatic carbocycles. The smallest absolute Gasteiger partial charge is 0.113 e. The highest BCUT2D eigenvalue weighted by atomic mass is 35.5. The Kier molecular flexibility index (Phi) is 4.10. The summed E-state index contributed by atoms with van der Waals surface area (Å²) in [6.07, 6.45) is 3.07. The van der Waals surface area contributed by atoms with Crippen molar-refractivity contribution in [3.8, 4) is 0 Å². The third-order valence-corrected chi connectivity index (χ3v) is 4.60. The van der Waals surface area contributed by atoms with Gasteiger partial charge in [-0.15, -0.1) is 11.3 Å². The van der Waals surface area contributed by atoms with Crippen LogP contribution in [-0.2, 0) is 6.54 Å². The minimum absolute atomic E-state index is 0.776. The van der Waals surface area contributed by atoms with Crippen LogP contribution in [0.25, 0.3) is 0 Å². The molecule has 2 rings (SSSR count). The highest BCUT2D eigenvalue weighted by Gasteiger charge is 2.14. The fourth-order valence-corrected chi connectivity index (χ4v) is 3.71. The second-order valence-corrected chi connectivity index (χ2v) is 6.31. The zero-order valence-corrected chi connectivity index (χ0v) is 10.2. The molecule has 1 saturated heterocycles. The first-order valence-electron chi connectivity index (χ1n) is 4.73. The minimum atomic E-state index is 0.776. The number of thiazole rings is 1. The molecule has 0 amide bonds. The molecule has 1 fully saturated rings. The Morgan fingerprint density at radius 3 is 3.21 bits per heavy atom. The summed E-state index contributed by atoms with van der Waals surface area (Å²) in [5.74, 6) is 3.50. The van der Waals surface area contributed by atoms with Crippen LogP contribution in [-0.4, -0.2) is 23.0 Å². The molecule has 5 heteroatoms. The Bertz CT molecular complexity index is 284. The summed E-state index contributed by atoms with van der Waals surface area (Å²) in [7, 11) is 0. The second kappa shape index (κ2) is 5.35. The van der Waals surface area contributed by atoms with E-state index in [1.165, 1.54) is 17.9 Å². The number of nitrogens with one attached hydrogen (secondary N) is 1.